The molecule has 1 fully saturated rings. The first-order valence-electron chi connectivity index (χ1n) is 6.79. The van der Waals surface area contributed by atoms with Crippen LogP contribution in [0.2, 0.25) is 0 Å². The molecule has 1 aliphatic carbocycles. The number of rotatable bonds is 6. The van der Waals surface area contributed by atoms with Gasteiger partial charge in [-0.2, -0.15) is 0 Å². The molecule has 5 nitrogen and oxygen atoms in total. The molecule has 20 heavy (non-hydrogen) atoms. The highest BCUT2D eigenvalue weighted by Gasteiger charge is 2.27. The van der Waals surface area contributed by atoms with Gasteiger partial charge in [0.2, 0.25) is 10.0 Å². The SMILES string of the molecule is CC(C)CNC(=O)c1ccc(S(=O)(=O)NC2CC2)cc1. The van der Waals surface area contributed by atoms with Gasteiger partial charge >= 0.3 is 0 Å². The minimum absolute atomic E-state index is 0.0778. The van der Waals surface area contributed by atoms with Crippen LogP contribution in [0.4, 0.5) is 0 Å². The van der Waals surface area contributed by atoms with Gasteiger partial charge in [-0.15, -0.1) is 0 Å². The molecule has 0 radical (unpaired) electrons. The zero-order valence-corrected chi connectivity index (χ0v) is 12.5. The lowest BCUT2D eigenvalue weighted by molar-refractivity contribution is 0.0949. The summed E-state index contributed by atoms with van der Waals surface area (Å²) < 4.78 is 26.5. The van der Waals surface area contributed by atoms with Crippen LogP contribution in [-0.4, -0.2) is 26.9 Å². The van der Waals surface area contributed by atoms with Crippen LogP contribution in [0.15, 0.2) is 29.2 Å². The molecule has 2 N–H and O–H groups in total. The molecular formula is C14H20N2O3S. The maximum absolute atomic E-state index is 12.0. The number of carbonyl (C=O) groups is 1. The Balaban J connectivity index is 2.03. The number of carbonyl (C=O) groups excluding carboxylic acids is 1. The molecule has 1 saturated carbocycles. The maximum Gasteiger partial charge on any atom is 0.251 e. The predicted octanol–water partition coefficient (Wildman–Crippen LogP) is 1.51. The summed E-state index contributed by atoms with van der Waals surface area (Å²) in [6.45, 7) is 4.63. The van der Waals surface area contributed by atoms with Gasteiger partial charge in [-0.1, -0.05) is 13.8 Å². The van der Waals surface area contributed by atoms with Gasteiger partial charge in [0.15, 0.2) is 0 Å². The fraction of sp³-hybridized carbons (Fsp3) is 0.500. The second kappa shape index (κ2) is 5.93. The summed E-state index contributed by atoms with van der Waals surface area (Å²) >= 11 is 0. The number of amides is 1. The number of hydrogen-bond donors (Lipinski definition) is 2. The fourth-order valence-electron chi connectivity index (χ4n) is 1.67. The molecule has 1 amide bonds. The van der Waals surface area contributed by atoms with Crippen molar-refractivity contribution < 1.29 is 13.2 Å². The Labute approximate surface area is 119 Å². The third kappa shape index (κ3) is 4.05. The average molecular weight is 296 g/mol. The standard InChI is InChI=1S/C14H20N2O3S/c1-10(2)9-15-14(17)11-3-7-13(8-4-11)20(18,19)16-12-5-6-12/h3-4,7-8,10,12,16H,5-6,9H2,1-2H3,(H,15,17). The summed E-state index contributed by atoms with van der Waals surface area (Å²) in [4.78, 5) is 12.0. The van der Waals surface area contributed by atoms with E-state index in [1.807, 2.05) is 13.8 Å². The predicted molar refractivity (Wildman–Crippen MR) is 77.0 cm³/mol. The summed E-state index contributed by atoms with van der Waals surface area (Å²) in [6.07, 6.45) is 1.80. The zero-order chi connectivity index (χ0) is 14.8. The lowest BCUT2D eigenvalue weighted by atomic mass is 10.2. The molecular weight excluding hydrogens is 276 g/mol. The second-order valence-electron chi connectivity index (χ2n) is 5.52. The van der Waals surface area contributed by atoms with Crippen molar-refractivity contribution in [2.24, 2.45) is 5.92 Å². The van der Waals surface area contributed by atoms with Gasteiger partial charge < -0.3 is 5.32 Å². The van der Waals surface area contributed by atoms with E-state index in [1.54, 1.807) is 0 Å². The summed E-state index contributed by atoms with van der Waals surface area (Å²) in [5, 5.41) is 2.79. The van der Waals surface area contributed by atoms with E-state index in [2.05, 4.69) is 10.0 Å². The number of nitrogens with one attached hydrogen (secondary N) is 2. The summed E-state index contributed by atoms with van der Waals surface area (Å²) in [5.74, 6) is 0.194. The summed E-state index contributed by atoms with van der Waals surface area (Å²) in [6, 6.07) is 6.09. The molecule has 0 saturated heterocycles. The van der Waals surface area contributed by atoms with Gasteiger partial charge in [-0.05, 0) is 43.0 Å². The third-order valence-corrected chi connectivity index (χ3v) is 4.53. The highest BCUT2D eigenvalue weighted by Crippen LogP contribution is 2.22. The van der Waals surface area contributed by atoms with Gasteiger partial charge in [0, 0.05) is 18.2 Å². The molecule has 0 bridgehead atoms. The third-order valence-electron chi connectivity index (χ3n) is 3.00. The quantitative estimate of drug-likeness (QED) is 0.835. The lowest BCUT2D eigenvalue weighted by Gasteiger charge is -2.09. The van der Waals surface area contributed by atoms with Crippen molar-refractivity contribution in [3.63, 3.8) is 0 Å². The molecule has 0 aliphatic heterocycles. The topological polar surface area (TPSA) is 75.3 Å². The molecule has 1 aromatic carbocycles. The van der Waals surface area contributed by atoms with Crippen molar-refractivity contribution in [2.45, 2.75) is 37.6 Å². The average Bonchev–Trinajstić information content (AvgIpc) is 3.19. The molecule has 0 heterocycles. The van der Waals surface area contributed by atoms with Crippen molar-refractivity contribution in [3.8, 4) is 0 Å². The first kappa shape index (κ1) is 15.0. The van der Waals surface area contributed by atoms with Crippen molar-refractivity contribution in [1.82, 2.24) is 10.0 Å². The molecule has 0 aromatic heterocycles. The van der Waals surface area contributed by atoms with Gasteiger partial charge in [0.05, 0.1) is 4.90 Å². The molecule has 1 aliphatic rings. The Morgan fingerprint density at radius 2 is 1.85 bits per heavy atom. The molecule has 1 aromatic rings. The Morgan fingerprint density at radius 3 is 2.35 bits per heavy atom. The van der Waals surface area contributed by atoms with Crippen LogP contribution in [0, 0.1) is 5.92 Å². The van der Waals surface area contributed by atoms with E-state index in [1.165, 1.54) is 24.3 Å². The van der Waals surface area contributed by atoms with E-state index >= 15 is 0 Å². The number of sulfonamides is 1. The zero-order valence-electron chi connectivity index (χ0n) is 11.7. The molecule has 2 rings (SSSR count). The highest BCUT2D eigenvalue weighted by molar-refractivity contribution is 7.89. The molecule has 110 valence electrons. The number of hydrogen-bond acceptors (Lipinski definition) is 3. The second-order valence-corrected chi connectivity index (χ2v) is 7.24. The van der Waals surface area contributed by atoms with Gasteiger partial charge in [-0.3, -0.25) is 4.79 Å². The van der Waals surface area contributed by atoms with Crippen LogP contribution < -0.4 is 10.0 Å². The molecule has 0 atom stereocenters. The first-order valence-corrected chi connectivity index (χ1v) is 8.27. The van der Waals surface area contributed by atoms with E-state index < -0.39 is 10.0 Å². The Bertz CT molecular complexity index is 575. The van der Waals surface area contributed by atoms with E-state index in [-0.39, 0.29) is 16.8 Å². The van der Waals surface area contributed by atoms with Crippen LogP contribution in [0.5, 0.6) is 0 Å². The van der Waals surface area contributed by atoms with Crippen LogP contribution in [-0.2, 0) is 10.0 Å². The van der Waals surface area contributed by atoms with Crippen LogP contribution in [0.25, 0.3) is 0 Å². The van der Waals surface area contributed by atoms with Crippen molar-refractivity contribution in [3.05, 3.63) is 29.8 Å². The van der Waals surface area contributed by atoms with Crippen molar-refractivity contribution in [1.29, 1.82) is 0 Å². The summed E-state index contributed by atoms with van der Waals surface area (Å²) in [7, 11) is -3.45. The Kier molecular flexibility index (Phi) is 4.45. The molecule has 6 heteroatoms. The smallest absolute Gasteiger partial charge is 0.251 e. The largest absolute Gasteiger partial charge is 0.352 e. The van der Waals surface area contributed by atoms with Gasteiger partial charge in [0.25, 0.3) is 5.91 Å². The molecule has 0 unspecified atom stereocenters. The van der Waals surface area contributed by atoms with E-state index in [9.17, 15) is 13.2 Å². The van der Waals surface area contributed by atoms with Crippen LogP contribution in [0.1, 0.15) is 37.0 Å². The highest BCUT2D eigenvalue weighted by atomic mass is 32.2. The Hall–Kier alpha value is -1.40. The minimum atomic E-state index is -3.45. The van der Waals surface area contributed by atoms with Gasteiger partial charge in [0.1, 0.15) is 0 Å². The molecule has 0 spiro atoms. The van der Waals surface area contributed by atoms with E-state index in [0.29, 0.717) is 18.0 Å². The normalized spacial score (nSPS) is 15.3. The van der Waals surface area contributed by atoms with E-state index in [4.69, 9.17) is 0 Å². The minimum Gasteiger partial charge on any atom is -0.352 e. The summed E-state index contributed by atoms with van der Waals surface area (Å²) in [5.41, 5.74) is 0.469. The fourth-order valence-corrected chi connectivity index (χ4v) is 2.98. The van der Waals surface area contributed by atoms with Gasteiger partial charge in [-0.25, -0.2) is 13.1 Å². The Morgan fingerprint density at radius 1 is 1.25 bits per heavy atom. The van der Waals surface area contributed by atoms with Crippen molar-refractivity contribution in [2.75, 3.05) is 6.54 Å². The number of benzene rings is 1. The first-order chi connectivity index (χ1) is 9.38. The maximum atomic E-state index is 12.0. The van der Waals surface area contributed by atoms with Crippen molar-refractivity contribution >= 4 is 15.9 Å². The lowest BCUT2D eigenvalue weighted by Crippen LogP contribution is -2.28. The monoisotopic (exact) mass is 296 g/mol. The van der Waals surface area contributed by atoms with Crippen LogP contribution in [0.3, 0.4) is 0 Å². The van der Waals surface area contributed by atoms with E-state index in [0.717, 1.165) is 12.8 Å². The van der Waals surface area contributed by atoms with Crippen LogP contribution >= 0.6 is 0 Å².